The van der Waals surface area contributed by atoms with Crippen LogP contribution in [0.2, 0.25) is 26.2 Å². The molecular weight excluding hydrogens is 373 g/mol. The second-order valence-corrected chi connectivity index (χ2v) is 14.6. The molecule has 3 radical (unpaired) electrons. The van der Waals surface area contributed by atoms with Crippen LogP contribution in [-0.4, -0.2) is 42.6 Å². The van der Waals surface area contributed by atoms with E-state index in [4.69, 9.17) is 21.2 Å². The van der Waals surface area contributed by atoms with Gasteiger partial charge in [0.15, 0.2) is 0 Å². The fourth-order valence-electron chi connectivity index (χ4n) is 2.63. The zero-order valence-corrected chi connectivity index (χ0v) is 18.3. The van der Waals surface area contributed by atoms with Crippen molar-refractivity contribution in [2.75, 3.05) is 6.23 Å². The predicted octanol–water partition coefficient (Wildman–Crippen LogP) is 3.26. The number of ether oxygens (including phenoxy) is 1. The van der Waals surface area contributed by atoms with Crippen LogP contribution in [0, 0.1) is 0 Å². The van der Waals surface area contributed by atoms with E-state index in [1.807, 2.05) is 50.5 Å². The van der Waals surface area contributed by atoms with E-state index in [-0.39, 0.29) is 0 Å². The lowest BCUT2D eigenvalue weighted by Crippen LogP contribution is -2.56. The fourth-order valence-corrected chi connectivity index (χ4v) is 13.8. The summed E-state index contributed by atoms with van der Waals surface area (Å²) in [6.45, 7) is 7.98. The molecule has 1 aliphatic heterocycles. The van der Waals surface area contributed by atoms with E-state index >= 15 is 0 Å². The van der Waals surface area contributed by atoms with Crippen molar-refractivity contribution < 1.29 is 21.2 Å². The maximum atomic E-state index is 6.17. The molecule has 2 aromatic carbocycles. The Balaban J connectivity index is 1.70. The van der Waals surface area contributed by atoms with Crippen LogP contribution in [0.3, 0.4) is 0 Å². The summed E-state index contributed by atoms with van der Waals surface area (Å²) < 4.78 is 30.1. The number of benzene rings is 2. The van der Waals surface area contributed by atoms with Gasteiger partial charge in [0.1, 0.15) is 12.0 Å². The van der Waals surface area contributed by atoms with Gasteiger partial charge in [0.05, 0.1) is 0 Å². The minimum absolute atomic E-state index is 0.424. The van der Waals surface area contributed by atoms with E-state index in [1.165, 1.54) is 5.39 Å². The molecule has 127 valence electrons. The SMILES string of the molecule is C[Si]1O[Si](C)O[Si](C)(COc2ccc3ccccc3c2)O[Si](C)O1. The van der Waals surface area contributed by atoms with Crippen LogP contribution in [0.5, 0.6) is 5.75 Å². The van der Waals surface area contributed by atoms with Crippen molar-refractivity contribution in [1.29, 1.82) is 0 Å². The second kappa shape index (κ2) is 7.62. The standard InChI is InChI=1S/C15H21O5Si4/c1-21-17-22(2)19-24(4,20-23(3)18-21)12-16-15-10-9-13-7-5-6-8-14(13)11-15/h5-11H,12H2,1-4H3. The Labute approximate surface area is 149 Å². The largest absolute Gasteiger partial charge is 0.492 e. The number of hydrogen-bond acceptors (Lipinski definition) is 5. The average Bonchev–Trinajstić information content (AvgIpc) is 2.51. The van der Waals surface area contributed by atoms with E-state index in [9.17, 15) is 0 Å². The summed E-state index contributed by atoms with van der Waals surface area (Å²) in [4.78, 5) is 0. The minimum Gasteiger partial charge on any atom is -0.492 e. The van der Waals surface area contributed by atoms with Crippen molar-refractivity contribution in [2.45, 2.75) is 26.2 Å². The average molecular weight is 394 g/mol. The Morgan fingerprint density at radius 3 is 2.17 bits per heavy atom. The van der Waals surface area contributed by atoms with E-state index in [0.717, 1.165) is 11.1 Å². The molecule has 0 saturated carbocycles. The van der Waals surface area contributed by atoms with Gasteiger partial charge in [-0.25, -0.2) is 0 Å². The number of rotatable bonds is 3. The summed E-state index contributed by atoms with van der Waals surface area (Å²) in [6.07, 6.45) is 0.424. The zero-order chi connectivity index (χ0) is 17.2. The number of hydrogen-bond donors (Lipinski definition) is 0. The predicted molar refractivity (Wildman–Crippen MR) is 100 cm³/mol. The molecule has 0 amide bonds. The van der Waals surface area contributed by atoms with Gasteiger partial charge in [-0.2, -0.15) is 0 Å². The van der Waals surface area contributed by atoms with Crippen molar-refractivity contribution in [3.63, 3.8) is 0 Å². The van der Waals surface area contributed by atoms with Crippen molar-refractivity contribution in [1.82, 2.24) is 0 Å². The first-order valence-electron chi connectivity index (χ1n) is 7.79. The summed E-state index contributed by atoms with van der Waals surface area (Å²) in [5.41, 5.74) is 0. The lowest BCUT2D eigenvalue weighted by atomic mass is 10.1. The van der Waals surface area contributed by atoms with Gasteiger partial charge in [-0.1, -0.05) is 30.3 Å². The van der Waals surface area contributed by atoms with Crippen LogP contribution in [0.15, 0.2) is 42.5 Å². The lowest BCUT2D eigenvalue weighted by molar-refractivity contribution is 0.242. The Kier molecular flexibility index (Phi) is 5.72. The van der Waals surface area contributed by atoms with Gasteiger partial charge in [-0.05, 0) is 49.1 Å². The third-order valence-electron chi connectivity index (χ3n) is 3.52. The molecule has 1 aliphatic rings. The fraction of sp³-hybridized carbons (Fsp3) is 0.333. The minimum atomic E-state index is -2.49. The van der Waals surface area contributed by atoms with E-state index in [0.29, 0.717) is 6.23 Å². The molecule has 0 spiro atoms. The molecule has 0 unspecified atom stereocenters. The van der Waals surface area contributed by atoms with E-state index in [2.05, 4.69) is 18.2 Å². The Hall–Kier alpha value is -0.792. The van der Waals surface area contributed by atoms with Gasteiger partial charge in [-0.15, -0.1) is 0 Å². The van der Waals surface area contributed by atoms with Gasteiger partial charge in [0.2, 0.25) is 0 Å². The highest BCUT2D eigenvalue weighted by molar-refractivity contribution is 6.81. The quantitative estimate of drug-likeness (QED) is 0.749. The first-order chi connectivity index (χ1) is 11.4. The summed E-state index contributed by atoms with van der Waals surface area (Å²) in [6, 6.07) is 14.3. The molecule has 0 aromatic heterocycles. The third-order valence-corrected chi connectivity index (χ3v) is 14.5. The van der Waals surface area contributed by atoms with Crippen molar-refractivity contribution >= 4 is 47.2 Å². The van der Waals surface area contributed by atoms with Crippen LogP contribution in [-0.2, 0) is 16.5 Å². The van der Waals surface area contributed by atoms with Crippen molar-refractivity contribution in [3.8, 4) is 5.75 Å². The molecule has 0 bridgehead atoms. The Morgan fingerprint density at radius 2 is 1.50 bits per heavy atom. The maximum Gasteiger partial charge on any atom is 0.362 e. The first-order valence-corrected chi connectivity index (χ1v) is 15.8. The molecule has 1 heterocycles. The Morgan fingerprint density at radius 1 is 0.875 bits per heavy atom. The molecule has 2 aromatic rings. The molecule has 9 heteroatoms. The van der Waals surface area contributed by atoms with Gasteiger partial charge in [-0.3, -0.25) is 0 Å². The maximum absolute atomic E-state index is 6.17. The first kappa shape index (κ1) is 18.0. The summed E-state index contributed by atoms with van der Waals surface area (Å²) >= 11 is 0. The van der Waals surface area contributed by atoms with Crippen LogP contribution >= 0.6 is 0 Å². The van der Waals surface area contributed by atoms with Crippen molar-refractivity contribution in [2.24, 2.45) is 0 Å². The van der Waals surface area contributed by atoms with Crippen molar-refractivity contribution in [3.05, 3.63) is 42.5 Å². The van der Waals surface area contributed by atoms with Crippen LogP contribution in [0.4, 0.5) is 0 Å². The van der Waals surface area contributed by atoms with E-state index in [1.54, 1.807) is 0 Å². The normalized spacial score (nSPS) is 20.7. The van der Waals surface area contributed by atoms with E-state index < -0.39 is 36.4 Å². The van der Waals surface area contributed by atoms with Gasteiger partial charge in [0, 0.05) is 0 Å². The molecular formula is C15H21O5Si4. The zero-order valence-electron chi connectivity index (χ0n) is 14.3. The highest BCUT2D eigenvalue weighted by atomic mass is 28.5. The molecule has 24 heavy (non-hydrogen) atoms. The smallest absolute Gasteiger partial charge is 0.362 e. The van der Waals surface area contributed by atoms with Gasteiger partial charge >= 0.3 is 36.4 Å². The molecule has 0 atom stereocenters. The monoisotopic (exact) mass is 393 g/mol. The van der Waals surface area contributed by atoms with Gasteiger partial charge < -0.3 is 21.2 Å². The summed E-state index contributed by atoms with van der Waals surface area (Å²) in [5, 5.41) is 2.36. The molecule has 1 fully saturated rings. The van der Waals surface area contributed by atoms with Gasteiger partial charge in [0.25, 0.3) is 0 Å². The molecule has 0 N–H and O–H groups in total. The summed E-state index contributed by atoms with van der Waals surface area (Å²) in [7, 11) is -6.51. The summed E-state index contributed by atoms with van der Waals surface area (Å²) in [5.74, 6) is 0.827. The topological polar surface area (TPSA) is 46.2 Å². The highest BCUT2D eigenvalue weighted by Crippen LogP contribution is 2.23. The molecule has 5 nitrogen and oxygen atoms in total. The molecule has 3 rings (SSSR count). The van der Waals surface area contributed by atoms with Crippen LogP contribution in [0.1, 0.15) is 0 Å². The Bertz CT molecular complexity index is 686. The lowest BCUT2D eigenvalue weighted by Gasteiger charge is -2.35. The van der Waals surface area contributed by atoms with Crippen LogP contribution < -0.4 is 4.74 Å². The second-order valence-electron chi connectivity index (χ2n) is 5.81. The van der Waals surface area contributed by atoms with Crippen LogP contribution in [0.25, 0.3) is 10.8 Å². The molecule has 1 saturated heterocycles. The third kappa shape index (κ3) is 4.64. The molecule has 0 aliphatic carbocycles. The highest BCUT2D eigenvalue weighted by Gasteiger charge is 2.42. The number of fused-ring (bicyclic) bond motifs is 1.